The highest BCUT2D eigenvalue weighted by molar-refractivity contribution is 5.75. The SMILES string of the molecule is C=C(Cc1ccc(CO)cc1OC)c1ccccc1N. The second kappa shape index (κ2) is 6.26. The molecule has 0 saturated carbocycles. The summed E-state index contributed by atoms with van der Waals surface area (Å²) in [5.41, 5.74) is 10.4. The van der Waals surface area contributed by atoms with Gasteiger partial charge in [0.1, 0.15) is 5.75 Å². The Labute approximate surface area is 119 Å². The van der Waals surface area contributed by atoms with Crippen LogP contribution in [0.1, 0.15) is 16.7 Å². The molecule has 0 aromatic heterocycles. The number of benzene rings is 2. The molecular formula is C17H19NO2. The Morgan fingerprint density at radius 2 is 2.00 bits per heavy atom. The first-order valence-electron chi connectivity index (χ1n) is 6.45. The van der Waals surface area contributed by atoms with Gasteiger partial charge in [-0.05, 0) is 28.8 Å². The Bertz CT molecular complexity index is 620. The summed E-state index contributed by atoms with van der Waals surface area (Å²) in [6, 6.07) is 13.4. The molecule has 0 unspecified atom stereocenters. The molecule has 2 aromatic rings. The van der Waals surface area contributed by atoms with Gasteiger partial charge in [-0.25, -0.2) is 0 Å². The number of anilines is 1. The Morgan fingerprint density at radius 3 is 2.65 bits per heavy atom. The van der Waals surface area contributed by atoms with Crippen LogP contribution in [0, 0.1) is 0 Å². The predicted octanol–water partition coefficient (Wildman–Crippen LogP) is 3.03. The minimum absolute atomic E-state index is 0.00319. The van der Waals surface area contributed by atoms with Crippen LogP contribution in [0.2, 0.25) is 0 Å². The Kier molecular flexibility index (Phi) is 4.43. The lowest BCUT2D eigenvalue weighted by Crippen LogP contribution is -1.98. The van der Waals surface area contributed by atoms with Crippen LogP contribution in [0.3, 0.4) is 0 Å². The molecule has 0 fully saturated rings. The van der Waals surface area contributed by atoms with E-state index in [2.05, 4.69) is 6.58 Å². The van der Waals surface area contributed by atoms with Crippen LogP contribution in [0.15, 0.2) is 49.0 Å². The van der Waals surface area contributed by atoms with Crippen LogP contribution in [0.4, 0.5) is 5.69 Å². The topological polar surface area (TPSA) is 55.5 Å². The zero-order valence-corrected chi connectivity index (χ0v) is 11.6. The van der Waals surface area contributed by atoms with Crippen molar-refractivity contribution in [2.75, 3.05) is 12.8 Å². The number of methoxy groups -OCH3 is 1. The van der Waals surface area contributed by atoms with Gasteiger partial charge in [-0.3, -0.25) is 0 Å². The molecule has 104 valence electrons. The van der Waals surface area contributed by atoms with Gasteiger partial charge < -0.3 is 15.6 Å². The van der Waals surface area contributed by atoms with Crippen LogP contribution in [0.25, 0.3) is 5.57 Å². The number of aliphatic hydroxyl groups excluding tert-OH is 1. The minimum atomic E-state index is 0.00319. The number of allylic oxidation sites excluding steroid dienone is 1. The third kappa shape index (κ3) is 3.00. The number of para-hydroxylation sites is 1. The summed E-state index contributed by atoms with van der Waals surface area (Å²) in [7, 11) is 1.62. The first-order chi connectivity index (χ1) is 9.65. The highest BCUT2D eigenvalue weighted by atomic mass is 16.5. The smallest absolute Gasteiger partial charge is 0.122 e. The second-order valence-electron chi connectivity index (χ2n) is 4.67. The van der Waals surface area contributed by atoms with Crippen LogP contribution >= 0.6 is 0 Å². The van der Waals surface area contributed by atoms with E-state index in [4.69, 9.17) is 15.6 Å². The van der Waals surface area contributed by atoms with Crippen LogP contribution in [0.5, 0.6) is 5.75 Å². The lowest BCUT2D eigenvalue weighted by Gasteiger charge is -2.13. The summed E-state index contributed by atoms with van der Waals surface area (Å²) in [4.78, 5) is 0. The van der Waals surface area contributed by atoms with Gasteiger partial charge in [0.2, 0.25) is 0 Å². The van der Waals surface area contributed by atoms with Gasteiger partial charge in [0.15, 0.2) is 0 Å². The Morgan fingerprint density at radius 1 is 1.25 bits per heavy atom. The quantitative estimate of drug-likeness (QED) is 0.820. The lowest BCUT2D eigenvalue weighted by molar-refractivity contribution is 0.281. The molecule has 0 atom stereocenters. The van der Waals surface area contributed by atoms with E-state index < -0.39 is 0 Å². The van der Waals surface area contributed by atoms with Gasteiger partial charge >= 0.3 is 0 Å². The summed E-state index contributed by atoms with van der Waals surface area (Å²) in [6.07, 6.45) is 0.656. The average Bonchev–Trinajstić information content (AvgIpc) is 2.48. The molecule has 0 saturated heterocycles. The van der Waals surface area contributed by atoms with E-state index in [-0.39, 0.29) is 6.61 Å². The molecule has 3 nitrogen and oxygen atoms in total. The highest BCUT2D eigenvalue weighted by Gasteiger charge is 2.09. The molecule has 0 spiro atoms. The molecular weight excluding hydrogens is 250 g/mol. The third-order valence-corrected chi connectivity index (χ3v) is 3.28. The fraction of sp³-hybridized carbons (Fsp3) is 0.176. The molecule has 2 aromatic carbocycles. The highest BCUT2D eigenvalue weighted by Crippen LogP contribution is 2.28. The van der Waals surface area contributed by atoms with Crippen molar-refractivity contribution in [2.24, 2.45) is 0 Å². The molecule has 20 heavy (non-hydrogen) atoms. The molecule has 2 rings (SSSR count). The van der Waals surface area contributed by atoms with E-state index in [1.165, 1.54) is 0 Å². The lowest BCUT2D eigenvalue weighted by atomic mass is 9.97. The van der Waals surface area contributed by atoms with Crippen LogP contribution in [-0.2, 0) is 13.0 Å². The van der Waals surface area contributed by atoms with Gasteiger partial charge in [-0.1, -0.05) is 36.9 Å². The molecule has 3 N–H and O–H groups in total. The zero-order chi connectivity index (χ0) is 14.5. The third-order valence-electron chi connectivity index (χ3n) is 3.28. The van der Waals surface area contributed by atoms with Gasteiger partial charge in [-0.15, -0.1) is 0 Å². The zero-order valence-electron chi connectivity index (χ0n) is 11.6. The fourth-order valence-electron chi connectivity index (χ4n) is 2.18. The molecule has 0 aliphatic rings. The summed E-state index contributed by atoms with van der Waals surface area (Å²) >= 11 is 0. The largest absolute Gasteiger partial charge is 0.496 e. The van der Waals surface area contributed by atoms with Crippen LogP contribution < -0.4 is 10.5 Å². The summed E-state index contributed by atoms with van der Waals surface area (Å²) in [5, 5.41) is 9.16. The predicted molar refractivity (Wildman–Crippen MR) is 82.5 cm³/mol. The Hall–Kier alpha value is -2.26. The maximum atomic E-state index is 9.16. The van der Waals surface area contributed by atoms with Crippen molar-refractivity contribution in [2.45, 2.75) is 13.0 Å². The van der Waals surface area contributed by atoms with Crippen LogP contribution in [-0.4, -0.2) is 12.2 Å². The maximum absolute atomic E-state index is 9.16. The second-order valence-corrected chi connectivity index (χ2v) is 4.67. The van der Waals surface area contributed by atoms with Crippen molar-refractivity contribution in [1.29, 1.82) is 0 Å². The molecule has 0 bridgehead atoms. The van der Waals surface area contributed by atoms with Gasteiger partial charge in [0.25, 0.3) is 0 Å². The molecule has 0 radical (unpaired) electrons. The fourth-order valence-corrected chi connectivity index (χ4v) is 2.18. The van der Waals surface area contributed by atoms with E-state index in [0.717, 1.165) is 33.7 Å². The van der Waals surface area contributed by atoms with Crippen molar-refractivity contribution in [1.82, 2.24) is 0 Å². The number of hydrogen-bond donors (Lipinski definition) is 2. The normalized spacial score (nSPS) is 10.3. The van der Waals surface area contributed by atoms with E-state index in [1.807, 2.05) is 42.5 Å². The summed E-state index contributed by atoms with van der Waals surface area (Å²) < 4.78 is 5.37. The van der Waals surface area contributed by atoms with Crippen molar-refractivity contribution in [3.63, 3.8) is 0 Å². The van der Waals surface area contributed by atoms with E-state index in [1.54, 1.807) is 7.11 Å². The van der Waals surface area contributed by atoms with Crippen molar-refractivity contribution >= 4 is 11.3 Å². The van der Waals surface area contributed by atoms with Crippen molar-refractivity contribution < 1.29 is 9.84 Å². The first kappa shape index (κ1) is 14.2. The number of rotatable bonds is 5. The molecule has 0 aliphatic carbocycles. The number of ether oxygens (including phenoxy) is 1. The van der Waals surface area contributed by atoms with E-state index in [9.17, 15) is 0 Å². The Balaban J connectivity index is 2.26. The first-order valence-corrected chi connectivity index (χ1v) is 6.45. The number of nitrogens with two attached hydrogens (primary N) is 1. The standard InChI is InChI=1S/C17H19NO2/c1-12(15-5-3-4-6-16(15)18)9-14-8-7-13(11-19)10-17(14)20-2/h3-8,10,19H,1,9,11,18H2,2H3. The number of aliphatic hydroxyl groups is 1. The van der Waals surface area contributed by atoms with Gasteiger partial charge in [0, 0.05) is 17.7 Å². The molecule has 0 aliphatic heterocycles. The van der Waals surface area contributed by atoms with Crippen molar-refractivity contribution in [3.8, 4) is 5.75 Å². The number of nitrogen functional groups attached to an aromatic ring is 1. The number of hydrogen-bond acceptors (Lipinski definition) is 3. The monoisotopic (exact) mass is 269 g/mol. The molecule has 3 heteroatoms. The summed E-state index contributed by atoms with van der Waals surface area (Å²) in [5.74, 6) is 0.757. The minimum Gasteiger partial charge on any atom is -0.496 e. The molecule has 0 heterocycles. The maximum Gasteiger partial charge on any atom is 0.122 e. The average molecular weight is 269 g/mol. The van der Waals surface area contributed by atoms with E-state index >= 15 is 0 Å². The van der Waals surface area contributed by atoms with Gasteiger partial charge in [0.05, 0.1) is 13.7 Å². The molecule has 0 amide bonds. The summed E-state index contributed by atoms with van der Waals surface area (Å²) in [6.45, 7) is 4.12. The van der Waals surface area contributed by atoms with E-state index in [0.29, 0.717) is 6.42 Å². The van der Waals surface area contributed by atoms with Crippen molar-refractivity contribution in [3.05, 3.63) is 65.7 Å². The van der Waals surface area contributed by atoms with Gasteiger partial charge in [-0.2, -0.15) is 0 Å².